The van der Waals surface area contributed by atoms with Gasteiger partial charge in [-0.25, -0.2) is 4.98 Å². The fourth-order valence-electron chi connectivity index (χ4n) is 3.98. The molecule has 0 atom stereocenters. The number of benzene rings is 4. The molecule has 0 radical (unpaired) electrons. The molecule has 1 heterocycles. The molecule has 0 aliphatic carbocycles. The molecule has 5 aromatic rings. The van der Waals surface area contributed by atoms with E-state index in [9.17, 15) is 0 Å². The van der Waals surface area contributed by atoms with Crippen LogP contribution in [0.15, 0.2) is 97.1 Å². The summed E-state index contributed by atoms with van der Waals surface area (Å²) in [7, 11) is 0. The molecule has 0 N–H and O–H groups in total. The van der Waals surface area contributed by atoms with E-state index in [1.165, 1.54) is 0 Å². The fraction of sp³-hybridized carbons (Fsp3) is 0.133. The lowest BCUT2D eigenvalue weighted by molar-refractivity contribution is 0.124. The molecule has 0 saturated carbocycles. The maximum Gasteiger partial charge on any atom is 0.130 e. The van der Waals surface area contributed by atoms with Gasteiger partial charge in [0, 0.05) is 5.39 Å². The normalized spacial score (nSPS) is 10.9. The van der Waals surface area contributed by atoms with E-state index in [1.54, 1.807) is 0 Å². The summed E-state index contributed by atoms with van der Waals surface area (Å²) in [6.45, 7) is 1.57. The second-order valence-electron chi connectivity index (χ2n) is 8.24. The summed E-state index contributed by atoms with van der Waals surface area (Å²) in [4.78, 5) is 4.68. The molecule has 1 aromatic heterocycles. The highest BCUT2D eigenvalue weighted by molar-refractivity contribution is 5.84. The second-order valence-corrected chi connectivity index (χ2v) is 8.24. The van der Waals surface area contributed by atoms with Crippen LogP contribution in [0.25, 0.3) is 21.7 Å². The van der Waals surface area contributed by atoms with Gasteiger partial charge in [-0.15, -0.1) is 0 Å². The highest BCUT2D eigenvalue weighted by Crippen LogP contribution is 2.23. The molecular weight excluding hydrogens is 420 g/mol. The molecule has 5 rings (SSSR count). The molecule has 34 heavy (non-hydrogen) atoms. The summed E-state index contributed by atoms with van der Waals surface area (Å²) in [5, 5.41) is 12.4. The van der Waals surface area contributed by atoms with Gasteiger partial charge in [-0.05, 0) is 70.8 Å². The van der Waals surface area contributed by atoms with Gasteiger partial charge >= 0.3 is 0 Å². The Kier molecular flexibility index (Phi) is 6.47. The zero-order chi connectivity index (χ0) is 23.2. The van der Waals surface area contributed by atoms with Gasteiger partial charge in [0.2, 0.25) is 0 Å². The van der Waals surface area contributed by atoms with E-state index >= 15 is 0 Å². The summed E-state index contributed by atoms with van der Waals surface area (Å²) in [5.41, 5.74) is 4.79. The topological polar surface area (TPSA) is 55.1 Å². The zero-order valence-corrected chi connectivity index (χ0v) is 18.8. The SMILES string of the molecule is N#Cc1cccc(CCOCc2ccc3ccc(OCc4ccc5ccccc5n4)cc3c2)c1. The molecule has 0 unspecified atom stereocenters. The Morgan fingerprint density at radius 2 is 1.59 bits per heavy atom. The Labute approximate surface area is 199 Å². The summed E-state index contributed by atoms with van der Waals surface area (Å²) in [5.74, 6) is 0.818. The summed E-state index contributed by atoms with van der Waals surface area (Å²) in [6, 6.07) is 34.5. The standard InChI is InChI=1S/C30H24N2O2/c31-19-23-5-3-4-22(16-23)14-15-33-20-24-8-9-25-11-13-29(18-27(25)17-24)34-21-28-12-10-26-6-1-2-7-30(26)32-28/h1-13,16-18H,14-15,20-21H2. The quantitative estimate of drug-likeness (QED) is 0.253. The van der Waals surface area contributed by atoms with Crippen LogP contribution in [-0.4, -0.2) is 11.6 Å². The third-order valence-electron chi connectivity index (χ3n) is 5.78. The van der Waals surface area contributed by atoms with Crippen molar-refractivity contribution in [1.29, 1.82) is 5.26 Å². The first-order valence-electron chi connectivity index (χ1n) is 11.3. The van der Waals surface area contributed by atoms with Crippen LogP contribution in [0, 0.1) is 11.3 Å². The van der Waals surface area contributed by atoms with Crippen molar-refractivity contribution in [3.8, 4) is 11.8 Å². The van der Waals surface area contributed by atoms with E-state index in [2.05, 4.69) is 53.5 Å². The van der Waals surface area contributed by atoms with Gasteiger partial charge in [-0.1, -0.05) is 54.6 Å². The molecule has 4 nitrogen and oxygen atoms in total. The molecule has 4 aromatic carbocycles. The van der Waals surface area contributed by atoms with Gasteiger partial charge in [0.1, 0.15) is 12.4 Å². The second kappa shape index (κ2) is 10.2. The summed E-state index contributed by atoms with van der Waals surface area (Å²) in [6.07, 6.45) is 0.782. The lowest BCUT2D eigenvalue weighted by Gasteiger charge is -2.09. The Balaban J connectivity index is 1.20. The lowest BCUT2D eigenvalue weighted by atomic mass is 10.1. The van der Waals surface area contributed by atoms with Crippen LogP contribution in [0.5, 0.6) is 5.75 Å². The van der Waals surface area contributed by atoms with Gasteiger partial charge in [0.15, 0.2) is 0 Å². The minimum atomic E-state index is 0.423. The molecule has 0 aliphatic heterocycles. The molecule has 0 saturated heterocycles. The molecule has 0 bridgehead atoms. The fourth-order valence-corrected chi connectivity index (χ4v) is 3.98. The minimum Gasteiger partial charge on any atom is -0.487 e. The Bertz CT molecular complexity index is 1490. The van der Waals surface area contributed by atoms with E-state index < -0.39 is 0 Å². The van der Waals surface area contributed by atoms with Crippen molar-refractivity contribution in [1.82, 2.24) is 4.98 Å². The Morgan fingerprint density at radius 3 is 2.53 bits per heavy atom. The van der Waals surface area contributed by atoms with E-state index in [0.29, 0.717) is 25.4 Å². The Hall–Kier alpha value is -4.20. The minimum absolute atomic E-state index is 0.423. The number of nitrogens with zero attached hydrogens (tertiary/aromatic N) is 2. The maximum absolute atomic E-state index is 9.02. The van der Waals surface area contributed by atoms with Crippen molar-refractivity contribution < 1.29 is 9.47 Å². The van der Waals surface area contributed by atoms with Gasteiger partial charge in [0.05, 0.1) is 36.1 Å². The molecule has 0 spiro atoms. The summed E-state index contributed by atoms with van der Waals surface area (Å²) >= 11 is 0. The predicted molar refractivity (Wildman–Crippen MR) is 135 cm³/mol. The third-order valence-corrected chi connectivity index (χ3v) is 5.78. The largest absolute Gasteiger partial charge is 0.487 e. The van der Waals surface area contributed by atoms with Crippen LogP contribution in [0.4, 0.5) is 0 Å². The van der Waals surface area contributed by atoms with Crippen LogP contribution in [-0.2, 0) is 24.4 Å². The lowest BCUT2D eigenvalue weighted by Crippen LogP contribution is -2.00. The van der Waals surface area contributed by atoms with E-state index in [4.69, 9.17) is 14.7 Å². The number of pyridine rings is 1. The van der Waals surface area contributed by atoms with Gasteiger partial charge in [-0.3, -0.25) is 0 Å². The van der Waals surface area contributed by atoms with Crippen LogP contribution in [0.3, 0.4) is 0 Å². The number of rotatable bonds is 8. The van der Waals surface area contributed by atoms with Crippen molar-refractivity contribution in [2.45, 2.75) is 19.6 Å². The number of hydrogen-bond acceptors (Lipinski definition) is 4. The van der Waals surface area contributed by atoms with Gasteiger partial charge in [-0.2, -0.15) is 5.26 Å². The molecule has 0 amide bonds. The highest BCUT2D eigenvalue weighted by atomic mass is 16.5. The monoisotopic (exact) mass is 444 g/mol. The third kappa shape index (κ3) is 5.23. The molecule has 166 valence electrons. The van der Waals surface area contributed by atoms with E-state index in [-0.39, 0.29) is 0 Å². The zero-order valence-electron chi connectivity index (χ0n) is 18.8. The van der Waals surface area contributed by atoms with Crippen LogP contribution < -0.4 is 4.74 Å². The van der Waals surface area contributed by atoms with Crippen LogP contribution in [0.2, 0.25) is 0 Å². The average molecular weight is 445 g/mol. The first kappa shape index (κ1) is 21.6. The first-order valence-corrected chi connectivity index (χ1v) is 11.3. The number of nitriles is 1. The van der Waals surface area contributed by atoms with Crippen molar-refractivity contribution in [3.63, 3.8) is 0 Å². The van der Waals surface area contributed by atoms with Gasteiger partial charge in [0.25, 0.3) is 0 Å². The van der Waals surface area contributed by atoms with Crippen molar-refractivity contribution >= 4 is 21.7 Å². The van der Waals surface area contributed by atoms with Gasteiger partial charge < -0.3 is 9.47 Å². The molecule has 4 heteroatoms. The van der Waals surface area contributed by atoms with Crippen molar-refractivity contribution in [2.75, 3.05) is 6.61 Å². The van der Waals surface area contributed by atoms with Crippen molar-refractivity contribution in [2.24, 2.45) is 0 Å². The number of aromatic nitrogens is 1. The molecule has 0 aliphatic rings. The highest BCUT2D eigenvalue weighted by Gasteiger charge is 2.03. The van der Waals surface area contributed by atoms with E-state index in [1.807, 2.05) is 54.6 Å². The van der Waals surface area contributed by atoms with E-state index in [0.717, 1.165) is 50.7 Å². The van der Waals surface area contributed by atoms with Crippen LogP contribution >= 0.6 is 0 Å². The number of hydrogen-bond donors (Lipinski definition) is 0. The Morgan fingerprint density at radius 1 is 0.706 bits per heavy atom. The predicted octanol–water partition coefficient (Wildman–Crippen LogP) is 6.60. The number of ether oxygens (including phenoxy) is 2. The first-order chi connectivity index (χ1) is 16.8. The molecule has 0 fully saturated rings. The summed E-state index contributed by atoms with van der Waals surface area (Å²) < 4.78 is 11.9. The number of para-hydroxylation sites is 1. The molecular formula is C30H24N2O2. The average Bonchev–Trinajstić information content (AvgIpc) is 2.89. The van der Waals surface area contributed by atoms with Crippen LogP contribution in [0.1, 0.15) is 22.4 Å². The van der Waals surface area contributed by atoms with Crippen molar-refractivity contribution in [3.05, 3.63) is 119 Å². The smallest absolute Gasteiger partial charge is 0.130 e. The number of fused-ring (bicyclic) bond motifs is 2. The maximum atomic E-state index is 9.02.